The smallest absolute Gasteiger partial charge is 0.330 e. The molecule has 88 valence electrons. The molecule has 3 nitrogen and oxygen atoms in total. The van der Waals surface area contributed by atoms with E-state index in [0.717, 1.165) is 31.9 Å². The van der Waals surface area contributed by atoms with Crippen LogP contribution in [0.4, 0.5) is 0 Å². The lowest BCUT2D eigenvalue weighted by Crippen LogP contribution is -2.04. The van der Waals surface area contributed by atoms with E-state index in [1.807, 2.05) is 13.0 Å². The number of rotatable bonds is 9. The average Bonchev–Trinajstić information content (AvgIpc) is 2.23. The molecule has 0 bridgehead atoms. The van der Waals surface area contributed by atoms with Gasteiger partial charge in [0.25, 0.3) is 0 Å². The molecule has 0 aromatic rings. The van der Waals surface area contributed by atoms with Gasteiger partial charge < -0.3 is 9.16 Å². The Morgan fingerprint density at radius 2 is 2.20 bits per heavy atom. The monoisotopic (exact) mass is 230 g/mol. The van der Waals surface area contributed by atoms with E-state index >= 15 is 0 Å². The number of hydrogen-bond donors (Lipinski definition) is 0. The first-order valence-electron chi connectivity index (χ1n) is 5.72. The van der Waals surface area contributed by atoms with E-state index in [-0.39, 0.29) is 15.7 Å². The van der Waals surface area contributed by atoms with Gasteiger partial charge in [0, 0.05) is 12.7 Å². The first-order chi connectivity index (χ1) is 7.31. The quantitative estimate of drug-likeness (QED) is 0.262. The van der Waals surface area contributed by atoms with Crippen molar-refractivity contribution in [1.82, 2.24) is 0 Å². The highest BCUT2D eigenvalue weighted by Gasteiger charge is 1.96. The summed E-state index contributed by atoms with van der Waals surface area (Å²) in [6.45, 7) is 5.42. The lowest BCUT2D eigenvalue weighted by Gasteiger charge is -2.01. The Morgan fingerprint density at radius 3 is 2.87 bits per heavy atom. The molecule has 0 aromatic heterocycles. The number of carbonyl (C=O) groups is 1. The Labute approximate surface area is 94.8 Å². The summed E-state index contributed by atoms with van der Waals surface area (Å²) < 4.78 is 10.3. The van der Waals surface area contributed by atoms with E-state index in [9.17, 15) is 4.79 Å². The van der Waals surface area contributed by atoms with Gasteiger partial charge in [-0.15, -0.1) is 0 Å². The fourth-order valence-electron chi connectivity index (χ4n) is 1.02. The summed E-state index contributed by atoms with van der Waals surface area (Å²) in [5.74, 6) is -0.221. The predicted molar refractivity (Wildman–Crippen MR) is 64.6 cm³/mol. The maximum atomic E-state index is 11.1. The van der Waals surface area contributed by atoms with Crippen molar-refractivity contribution >= 4 is 15.7 Å². The van der Waals surface area contributed by atoms with Gasteiger partial charge in [-0.2, -0.15) is 0 Å². The Balaban J connectivity index is 3.23. The molecule has 0 N–H and O–H groups in total. The summed E-state index contributed by atoms with van der Waals surface area (Å²) in [7, 11) is -0.363. The topological polar surface area (TPSA) is 35.5 Å². The number of ether oxygens (including phenoxy) is 1. The lowest BCUT2D eigenvalue weighted by atomic mass is 10.3. The van der Waals surface area contributed by atoms with Crippen LogP contribution < -0.4 is 0 Å². The fourth-order valence-corrected chi connectivity index (χ4v) is 1.92. The summed E-state index contributed by atoms with van der Waals surface area (Å²) >= 11 is 0. The van der Waals surface area contributed by atoms with Gasteiger partial charge in [-0.1, -0.05) is 19.4 Å². The van der Waals surface area contributed by atoms with Crippen molar-refractivity contribution in [3.63, 3.8) is 0 Å². The van der Waals surface area contributed by atoms with Crippen LogP contribution in [0.15, 0.2) is 12.2 Å². The van der Waals surface area contributed by atoms with Crippen molar-refractivity contribution in [2.45, 2.75) is 39.2 Å². The largest absolute Gasteiger partial charge is 0.463 e. The SMILES string of the molecule is CCCC=CC(=O)OCCC[SiH2]OCC. The molecular formula is C11H22O3Si. The molecule has 0 saturated heterocycles. The predicted octanol–water partition coefficient (Wildman–Crippen LogP) is 1.81. The molecule has 0 unspecified atom stereocenters. The van der Waals surface area contributed by atoms with Crippen molar-refractivity contribution in [1.29, 1.82) is 0 Å². The van der Waals surface area contributed by atoms with Crippen LogP contribution in [0, 0.1) is 0 Å². The highest BCUT2D eigenvalue weighted by Crippen LogP contribution is 1.94. The third-order valence-electron chi connectivity index (χ3n) is 1.84. The molecule has 0 heterocycles. The molecule has 0 radical (unpaired) electrons. The number of carbonyl (C=O) groups excluding carboxylic acids is 1. The molecule has 0 saturated carbocycles. The second-order valence-electron chi connectivity index (χ2n) is 3.26. The minimum Gasteiger partial charge on any atom is -0.463 e. The minimum absolute atomic E-state index is 0.221. The van der Waals surface area contributed by atoms with E-state index in [1.54, 1.807) is 0 Å². The second kappa shape index (κ2) is 11.5. The van der Waals surface area contributed by atoms with Crippen LogP contribution in [-0.4, -0.2) is 28.9 Å². The molecule has 0 aliphatic heterocycles. The maximum absolute atomic E-state index is 11.1. The number of hydrogen-bond acceptors (Lipinski definition) is 3. The highest BCUT2D eigenvalue weighted by molar-refractivity contribution is 6.26. The van der Waals surface area contributed by atoms with Crippen LogP contribution in [0.25, 0.3) is 0 Å². The summed E-state index contributed by atoms with van der Waals surface area (Å²) in [4.78, 5) is 11.1. The lowest BCUT2D eigenvalue weighted by molar-refractivity contribution is -0.137. The average molecular weight is 230 g/mol. The van der Waals surface area contributed by atoms with Gasteiger partial charge in [0.15, 0.2) is 9.76 Å². The van der Waals surface area contributed by atoms with E-state index in [1.165, 1.54) is 6.08 Å². The van der Waals surface area contributed by atoms with Gasteiger partial charge in [0.05, 0.1) is 6.61 Å². The Hall–Kier alpha value is -0.613. The van der Waals surface area contributed by atoms with Crippen LogP contribution in [0.5, 0.6) is 0 Å². The zero-order valence-electron chi connectivity index (χ0n) is 9.83. The second-order valence-corrected chi connectivity index (χ2v) is 4.79. The fraction of sp³-hybridized carbons (Fsp3) is 0.727. The Kier molecular flexibility index (Phi) is 11.0. The van der Waals surface area contributed by atoms with Crippen molar-refractivity contribution in [2.24, 2.45) is 0 Å². The van der Waals surface area contributed by atoms with Crippen molar-refractivity contribution in [3.8, 4) is 0 Å². The number of esters is 1. The van der Waals surface area contributed by atoms with Crippen LogP contribution in [-0.2, 0) is 14.0 Å². The van der Waals surface area contributed by atoms with Crippen molar-refractivity contribution in [3.05, 3.63) is 12.2 Å². The molecule has 0 fully saturated rings. The third-order valence-corrected chi connectivity index (χ3v) is 3.33. The van der Waals surface area contributed by atoms with E-state index in [0.29, 0.717) is 6.61 Å². The zero-order valence-corrected chi connectivity index (χ0v) is 11.2. The van der Waals surface area contributed by atoms with Gasteiger partial charge >= 0.3 is 5.97 Å². The summed E-state index contributed by atoms with van der Waals surface area (Å²) in [5.41, 5.74) is 0. The van der Waals surface area contributed by atoms with Gasteiger partial charge in [-0.25, -0.2) is 4.79 Å². The van der Waals surface area contributed by atoms with E-state index in [4.69, 9.17) is 9.16 Å². The summed E-state index contributed by atoms with van der Waals surface area (Å²) in [6, 6.07) is 1.08. The van der Waals surface area contributed by atoms with Gasteiger partial charge in [0.2, 0.25) is 0 Å². The standard InChI is InChI=1S/C11H22O3Si/c1-3-5-6-8-11(12)13-9-7-10-15-14-4-2/h6,8H,3-5,7,9-10,15H2,1-2H3. The summed E-state index contributed by atoms with van der Waals surface area (Å²) in [6.07, 6.45) is 6.30. The zero-order chi connectivity index (χ0) is 11.4. The van der Waals surface area contributed by atoms with Gasteiger partial charge in [-0.05, 0) is 25.8 Å². The summed E-state index contributed by atoms with van der Waals surface area (Å²) in [5, 5.41) is 0. The first-order valence-corrected chi connectivity index (χ1v) is 7.30. The number of allylic oxidation sites excluding steroid dienone is 1. The van der Waals surface area contributed by atoms with Crippen molar-refractivity contribution in [2.75, 3.05) is 13.2 Å². The molecular weight excluding hydrogens is 208 g/mol. The van der Waals surface area contributed by atoms with Crippen LogP contribution >= 0.6 is 0 Å². The third kappa shape index (κ3) is 11.3. The molecule has 4 heteroatoms. The van der Waals surface area contributed by atoms with Crippen LogP contribution in [0.1, 0.15) is 33.1 Å². The molecule has 15 heavy (non-hydrogen) atoms. The van der Waals surface area contributed by atoms with Crippen molar-refractivity contribution < 1.29 is 14.0 Å². The van der Waals surface area contributed by atoms with Gasteiger partial charge in [-0.3, -0.25) is 0 Å². The first kappa shape index (κ1) is 14.4. The molecule has 0 aliphatic rings. The van der Waals surface area contributed by atoms with E-state index < -0.39 is 0 Å². The van der Waals surface area contributed by atoms with E-state index in [2.05, 4.69) is 6.92 Å². The Bertz CT molecular complexity index is 181. The van der Waals surface area contributed by atoms with Crippen LogP contribution in [0.3, 0.4) is 0 Å². The molecule has 0 aromatic carbocycles. The molecule has 0 atom stereocenters. The molecule has 0 rings (SSSR count). The number of unbranched alkanes of at least 4 members (excludes halogenated alkanes) is 1. The molecule has 0 amide bonds. The van der Waals surface area contributed by atoms with Gasteiger partial charge in [0.1, 0.15) is 0 Å². The minimum atomic E-state index is -0.363. The molecule has 0 aliphatic carbocycles. The normalized spacial score (nSPS) is 11.6. The van der Waals surface area contributed by atoms with Crippen LogP contribution in [0.2, 0.25) is 6.04 Å². The maximum Gasteiger partial charge on any atom is 0.330 e. The Morgan fingerprint density at radius 1 is 1.40 bits per heavy atom. The molecule has 0 spiro atoms. The highest BCUT2D eigenvalue weighted by atomic mass is 28.2.